The molecule has 6 heteroatoms. The van der Waals surface area contributed by atoms with Gasteiger partial charge in [-0.15, -0.1) is 20.6 Å². The van der Waals surface area contributed by atoms with Gasteiger partial charge in [-0.1, -0.05) is 30.3 Å². The number of nitrogens with zero attached hydrogens (tertiary/aromatic N) is 1. The van der Waals surface area contributed by atoms with Crippen molar-refractivity contribution in [1.82, 2.24) is 4.98 Å². The van der Waals surface area contributed by atoms with Crippen LogP contribution in [-0.2, 0) is 11.2 Å². The Balaban J connectivity index is 1.88. The summed E-state index contributed by atoms with van der Waals surface area (Å²) in [6, 6.07) is 15.7. The highest BCUT2D eigenvalue weighted by Crippen LogP contribution is 2.37. The molecule has 2 heterocycles. The fourth-order valence-electron chi connectivity index (χ4n) is 2.73. The Bertz CT molecular complexity index is 1070. The lowest BCUT2D eigenvalue weighted by Gasteiger charge is -1.98. The molecular weight excluding hydrogens is 353 g/mol. The van der Waals surface area contributed by atoms with E-state index in [-0.39, 0.29) is 6.42 Å². The molecule has 0 bridgehead atoms. The van der Waals surface area contributed by atoms with Gasteiger partial charge in [-0.25, -0.2) is 4.98 Å². The molecule has 0 amide bonds. The number of carboxylic acid groups (broad SMARTS) is 1. The van der Waals surface area contributed by atoms with Crippen LogP contribution in [0.1, 0.15) is 5.69 Å². The van der Waals surface area contributed by atoms with Crippen molar-refractivity contribution in [2.24, 2.45) is 0 Å². The zero-order chi connectivity index (χ0) is 17.4. The number of thiophene rings is 1. The normalized spacial score (nSPS) is 11.1. The SMILES string of the molecule is O=C(O)Cc1nc(-c2ccc(P)cc2)oc1-c1csc2ccccc12. The molecule has 4 rings (SSSR count). The highest BCUT2D eigenvalue weighted by Gasteiger charge is 2.21. The number of hydrogen-bond acceptors (Lipinski definition) is 4. The lowest BCUT2D eigenvalue weighted by Crippen LogP contribution is -2.01. The summed E-state index contributed by atoms with van der Waals surface area (Å²) < 4.78 is 7.15. The van der Waals surface area contributed by atoms with Gasteiger partial charge >= 0.3 is 5.97 Å². The van der Waals surface area contributed by atoms with E-state index in [4.69, 9.17) is 4.42 Å². The Hall–Kier alpha value is -2.49. The van der Waals surface area contributed by atoms with Crippen molar-refractivity contribution < 1.29 is 14.3 Å². The zero-order valence-electron chi connectivity index (χ0n) is 13.1. The third kappa shape index (κ3) is 3.09. The Labute approximate surface area is 150 Å². The maximum atomic E-state index is 11.3. The average Bonchev–Trinajstić information content (AvgIpc) is 3.19. The van der Waals surface area contributed by atoms with Crippen molar-refractivity contribution in [2.45, 2.75) is 6.42 Å². The van der Waals surface area contributed by atoms with Crippen LogP contribution in [0.3, 0.4) is 0 Å². The van der Waals surface area contributed by atoms with Crippen LogP contribution < -0.4 is 5.30 Å². The number of aliphatic carboxylic acids is 1. The van der Waals surface area contributed by atoms with Gasteiger partial charge in [0.05, 0.1) is 12.1 Å². The molecule has 124 valence electrons. The van der Waals surface area contributed by atoms with Crippen molar-refractivity contribution in [3.05, 3.63) is 59.6 Å². The Morgan fingerprint density at radius 2 is 1.92 bits per heavy atom. The third-order valence-corrected chi connectivity index (χ3v) is 5.25. The lowest BCUT2D eigenvalue weighted by atomic mass is 10.1. The van der Waals surface area contributed by atoms with Crippen molar-refractivity contribution in [3.8, 4) is 22.8 Å². The molecule has 25 heavy (non-hydrogen) atoms. The summed E-state index contributed by atoms with van der Waals surface area (Å²) in [5.74, 6) is 0.0391. The van der Waals surface area contributed by atoms with Crippen LogP contribution in [0.25, 0.3) is 32.9 Å². The van der Waals surface area contributed by atoms with Crippen LogP contribution in [0.2, 0.25) is 0 Å². The van der Waals surface area contributed by atoms with Gasteiger partial charge in [0.15, 0.2) is 5.76 Å². The first-order chi connectivity index (χ1) is 12.1. The fourth-order valence-corrected chi connectivity index (χ4v) is 3.86. The van der Waals surface area contributed by atoms with Crippen LogP contribution in [0.15, 0.2) is 58.3 Å². The van der Waals surface area contributed by atoms with Crippen molar-refractivity contribution in [1.29, 1.82) is 0 Å². The second kappa shape index (κ2) is 6.43. The molecular formula is C19H14NO3PS. The van der Waals surface area contributed by atoms with Crippen LogP contribution in [0.4, 0.5) is 0 Å². The van der Waals surface area contributed by atoms with E-state index < -0.39 is 5.97 Å². The Kier molecular flexibility index (Phi) is 4.12. The smallest absolute Gasteiger partial charge is 0.309 e. The molecule has 1 atom stereocenters. The molecule has 0 saturated carbocycles. The van der Waals surface area contributed by atoms with Gasteiger partial charge in [-0.2, -0.15) is 0 Å². The van der Waals surface area contributed by atoms with E-state index in [2.05, 4.69) is 14.2 Å². The molecule has 0 aliphatic carbocycles. The van der Waals surface area contributed by atoms with Gasteiger partial charge < -0.3 is 9.52 Å². The molecule has 1 N–H and O–H groups in total. The van der Waals surface area contributed by atoms with Gasteiger partial charge in [0.2, 0.25) is 5.89 Å². The number of aromatic nitrogens is 1. The molecule has 0 radical (unpaired) electrons. The number of benzene rings is 2. The highest BCUT2D eigenvalue weighted by molar-refractivity contribution is 7.27. The molecule has 0 aliphatic rings. The maximum absolute atomic E-state index is 11.3. The summed E-state index contributed by atoms with van der Waals surface area (Å²) in [4.78, 5) is 15.7. The Morgan fingerprint density at radius 3 is 2.68 bits per heavy atom. The summed E-state index contributed by atoms with van der Waals surface area (Å²) >= 11 is 1.61. The molecule has 0 fully saturated rings. The van der Waals surface area contributed by atoms with Gasteiger partial charge in [0.25, 0.3) is 0 Å². The van der Waals surface area contributed by atoms with Crippen LogP contribution >= 0.6 is 20.6 Å². The lowest BCUT2D eigenvalue weighted by molar-refractivity contribution is -0.136. The van der Waals surface area contributed by atoms with Crippen LogP contribution in [0, 0.1) is 0 Å². The second-order valence-electron chi connectivity index (χ2n) is 5.63. The second-order valence-corrected chi connectivity index (χ2v) is 7.21. The van der Waals surface area contributed by atoms with E-state index >= 15 is 0 Å². The summed E-state index contributed by atoms with van der Waals surface area (Å²) in [5.41, 5.74) is 2.16. The van der Waals surface area contributed by atoms with Crippen LogP contribution in [0.5, 0.6) is 0 Å². The molecule has 2 aromatic heterocycles. The molecule has 0 spiro atoms. The van der Waals surface area contributed by atoms with Gasteiger partial charge in [0.1, 0.15) is 0 Å². The minimum Gasteiger partial charge on any atom is -0.481 e. The highest BCUT2D eigenvalue weighted by atomic mass is 32.1. The number of carbonyl (C=O) groups is 1. The summed E-state index contributed by atoms with van der Waals surface area (Å²) in [6.45, 7) is 0. The third-order valence-electron chi connectivity index (χ3n) is 3.90. The topological polar surface area (TPSA) is 63.3 Å². The van der Waals surface area contributed by atoms with E-state index in [1.165, 1.54) is 0 Å². The van der Waals surface area contributed by atoms with Crippen molar-refractivity contribution in [2.75, 3.05) is 0 Å². The van der Waals surface area contributed by atoms with Gasteiger partial charge in [-0.3, -0.25) is 4.79 Å². The number of hydrogen-bond donors (Lipinski definition) is 1. The van der Waals surface area contributed by atoms with Crippen molar-refractivity contribution in [3.63, 3.8) is 0 Å². The monoisotopic (exact) mass is 367 g/mol. The molecule has 0 saturated heterocycles. The number of carboxylic acids is 1. The van der Waals surface area contributed by atoms with E-state index in [0.717, 1.165) is 26.5 Å². The van der Waals surface area contributed by atoms with E-state index in [1.54, 1.807) is 11.3 Å². The molecule has 4 nitrogen and oxygen atoms in total. The molecule has 4 aromatic rings. The Morgan fingerprint density at radius 1 is 1.16 bits per heavy atom. The number of oxazole rings is 1. The first kappa shape index (κ1) is 16.0. The summed E-state index contributed by atoms with van der Waals surface area (Å²) in [5, 5.41) is 13.3. The predicted octanol–water partition coefficient (Wildman–Crippen LogP) is 4.35. The number of fused-ring (bicyclic) bond motifs is 1. The standard InChI is InChI=1S/C19H14NO3PS/c21-17(22)9-15-18(14-10-25-16-4-2-1-3-13(14)16)23-19(20-15)11-5-7-12(24)8-6-11/h1-8,10H,9,24H2,(H,21,22). The number of rotatable bonds is 4. The molecule has 0 aliphatic heterocycles. The zero-order valence-corrected chi connectivity index (χ0v) is 15.1. The van der Waals surface area contributed by atoms with Gasteiger partial charge in [0, 0.05) is 26.6 Å². The predicted molar refractivity (Wildman–Crippen MR) is 103 cm³/mol. The minimum atomic E-state index is -0.930. The van der Waals surface area contributed by atoms with E-state index in [1.807, 2.05) is 53.9 Å². The van der Waals surface area contributed by atoms with Crippen LogP contribution in [-0.4, -0.2) is 16.1 Å². The quantitative estimate of drug-likeness (QED) is 0.545. The van der Waals surface area contributed by atoms with E-state index in [0.29, 0.717) is 17.3 Å². The fraction of sp³-hybridized carbons (Fsp3) is 0.0526. The largest absolute Gasteiger partial charge is 0.481 e. The van der Waals surface area contributed by atoms with E-state index in [9.17, 15) is 9.90 Å². The summed E-state index contributed by atoms with van der Waals surface area (Å²) in [6.07, 6.45) is -0.176. The summed E-state index contributed by atoms with van der Waals surface area (Å²) in [7, 11) is 2.63. The molecule has 1 unspecified atom stereocenters. The first-order valence-electron chi connectivity index (χ1n) is 7.66. The van der Waals surface area contributed by atoms with Gasteiger partial charge in [-0.05, 0) is 23.5 Å². The first-order valence-corrected chi connectivity index (χ1v) is 9.11. The van der Waals surface area contributed by atoms with Crippen molar-refractivity contribution >= 4 is 41.9 Å². The maximum Gasteiger partial charge on any atom is 0.309 e. The molecule has 2 aromatic carbocycles. The minimum absolute atomic E-state index is 0.176. The average molecular weight is 367 g/mol.